The predicted octanol–water partition coefficient (Wildman–Crippen LogP) is 3.18. The molecule has 1 atom stereocenters. The Morgan fingerprint density at radius 1 is 1.29 bits per heavy atom. The molecule has 0 aromatic heterocycles. The fourth-order valence-electron chi connectivity index (χ4n) is 3.95. The third-order valence-corrected chi connectivity index (χ3v) is 5.90. The zero-order valence-corrected chi connectivity index (χ0v) is 18.6. The summed E-state index contributed by atoms with van der Waals surface area (Å²) in [5.74, 6) is -1.28. The number of carboxylic acid groups (broad SMARTS) is 1. The topological polar surface area (TPSA) is 95.9 Å². The van der Waals surface area contributed by atoms with Gasteiger partial charge in [-0.3, -0.25) is 0 Å². The van der Waals surface area contributed by atoms with Crippen molar-refractivity contribution in [3.8, 4) is 5.75 Å². The molecular weight excluding hydrogens is 437 g/mol. The molecule has 1 saturated heterocycles. The molecule has 0 aliphatic carbocycles. The van der Waals surface area contributed by atoms with Crippen LogP contribution in [0.4, 0.5) is 13.2 Å². The number of rotatable bonds is 4. The zero-order chi connectivity index (χ0) is 23.4. The van der Waals surface area contributed by atoms with Gasteiger partial charge in [0.25, 0.3) is 0 Å². The Hall–Kier alpha value is -1.85. The Morgan fingerprint density at radius 2 is 1.84 bits per heavy atom. The molecule has 0 radical (unpaired) electrons. The Labute approximate surface area is 180 Å². The van der Waals surface area contributed by atoms with Gasteiger partial charge in [-0.25, -0.2) is 17.9 Å². The molecule has 3 rings (SSSR count). The van der Waals surface area contributed by atoms with Crippen molar-refractivity contribution in [2.75, 3.05) is 25.9 Å². The van der Waals surface area contributed by atoms with Crippen LogP contribution in [0.25, 0.3) is 0 Å². The summed E-state index contributed by atoms with van der Waals surface area (Å²) in [7, 11) is -3.26. The number of carbonyl (C=O) groups is 1. The van der Waals surface area contributed by atoms with E-state index < -0.39 is 22.2 Å². The standard InChI is InChI=1S/C18H28N2O3S.C2HF3O2/c1-14(2)13-20-10-8-18(9-11-20)12-16(19-24(3,21)22)15-6-4-5-7-17(15)23-18;3-2(4,5)1(6)7/h4-7,14,16,19H,8-13H2,1-3H3;(H,6,7). The van der Waals surface area contributed by atoms with Crippen molar-refractivity contribution in [2.24, 2.45) is 5.92 Å². The Morgan fingerprint density at radius 3 is 2.32 bits per heavy atom. The average molecular weight is 467 g/mol. The number of piperidine rings is 1. The minimum Gasteiger partial charge on any atom is -0.487 e. The number of para-hydroxylation sites is 1. The van der Waals surface area contributed by atoms with Crippen LogP contribution in [0, 0.1) is 5.92 Å². The van der Waals surface area contributed by atoms with E-state index in [1.54, 1.807) is 0 Å². The summed E-state index contributed by atoms with van der Waals surface area (Å²) in [5.41, 5.74) is 0.683. The molecule has 2 N–H and O–H groups in total. The van der Waals surface area contributed by atoms with Gasteiger partial charge in [0.15, 0.2) is 0 Å². The normalized spacial score (nSPS) is 21.1. The number of aliphatic carboxylic acids is 1. The Kier molecular flexibility index (Phi) is 7.99. The highest BCUT2D eigenvalue weighted by molar-refractivity contribution is 7.88. The van der Waals surface area contributed by atoms with Crippen LogP contribution in [0.2, 0.25) is 0 Å². The number of hydrogen-bond acceptors (Lipinski definition) is 5. The molecule has 0 bridgehead atoms. The number of hydrogen-bond donors (Lipinski definition) is 2. The zero-order valence-electron chi connectivity index (χ0n) is 17.8. The molecular formula is C20H29F3N2O5S. The van der Waals surface area contributed by atoms with E-state index in [1.165, 1.54) is 6.26 Å². The predicted molar refractivity (Wildman–Crippen MR) is 109 cm³/mol. The van der Waals surface area contributed by atoms with E-state index in [4.69, 9.17) is 14.6 Å². The highest BCUT2D eigenvalue weighted by atomic mass is 32.2. The summed E-state index contributed by atoms with van der Waals surface area (Å²) >= 11 is 0. The summed E-state index contributed by atoms with van der Waals surface area (Å²) in [6.07, 6.45) is -1.28. The SMILES string of the molecule is CC(C)CN1CCC2(CC1)CC(NS(C)(=O)=O)c1ccccc1O2.O=C(O)C(F)(F)F. The fraction of sp³-hybridized carbons (Fsp3) is 0.650. The van der Waals surface area contributed by atoms with Crippen molar-refractivity contribution in [3.05, 3.63) is 29.8 Å². The molecule has 176 valence electrons. The first kappa shape index (κ1) is 25.4. The summed E-state index contributed by atoms with van der Waals surface area (Å²) in [5, 5.41) is 7.12. The van der Waals surface area contributed by atoms with E-state index in [-0.39, 0.29) is 11.6 Å². The minimum absolute atomic E-state index is 0.207. The fourth-order valence-corrected chi connectivity index (χ4v) is 4.67. The molecule has 1 aromatic carbocycles. The largest absolute Gasteiger partial charge is 0.490 e. The highest BCUT2D eigenvalue weighted by Gasteiger charge is 2.43. The average Bonchev–Trinajstić information content (AvgIpc) is 2.62. The van der Waals surface area contributed by atoms with Crippen LogP contribution in [0.5, 0.6) is 5.75 Å². The number of likely N-dealkylation sites (tertiary alicyclic amines) is 1. The second-order valence-electron chi connectivity index (χ2n) is 8.47. The highest BCUT2D eigenvalue weighted by Crippen LogP contribution is 2.44. The van der Waals surface area contributed by atoms with Gasteiger partial charge in [0.1, 0.15) is 11.4 Å². The molecule has 0 saturated carbocycles. The van der Waals surface area contributed by atoms with Crippen LogP contribution in [0.15, 0.2) is 24.3 Å². The maximum absolute atomic E-state index is 11.8. The summed E-state index contributed by atoms with van der Waals surface area (Å²) in [6.45, 7) is 7.60. The lowest BCUT2D eigenvalue weighted by Crippen LogP contribution is -2.52. The van der Waals surface area contributed by atoms with Gasteiger partial charge < -0.3 is 14.7 Å². The molecule has 1 spiro atoms. The van der Waals surface area contributed by atoms with Gasteiger partial charge in [0, 0.05) is 31.6 Å². The van der Waals surface area contributed by atoms with E-state index in [2.05, 4.69) is 23.5 Å². The van der Waals surface area contributed by atoms with Crippen LogP contribution in [0.1, 0.15) is 44.7 Å². The van der Waals surface area contributed by atoms with Crippen molar-refractivity contribution < 1.29 is 36.2 Å². The lowest BCUT2D eigenvalue weighted by atomic mass is 9.81. The van der Waals surface area contributed by atoms with Gasteiger partial charge in [-0.15, -0.1) is 0 Å². The van der Waals surface area contributed by atoms with Crippen LogP contribution in [-0.4, -0.2) is 62.1 Å². The van der Waals surface area contributed by atoms with Crippen LogP contribution in [-0.2, 0) is 14.8 Å². The van der Waals surface area contributed by atoms with Gasteiger partial charge >= 0.3 is 12.1 Å². The molecule has 11 heteroatoms. The van der Waals surface area contributed by atoms with Crippen molar-refractivity contribution in [2.45, 2.75) is 50.9 Å². The summed E-state index contributed by atoms with van der Waals surface area (Å²) < 4.78 is 64.5. The van der Waals surface area contributed by atoms with Crippen molar-refractivity contribution in [3.63, 3.8) is 0 Å². The molecule has 7 nitrogen and oxygen atoms in total. The molecule has 1 fully saturated rings. The molecule has 2 aliphatic heterocycles. The lowest BCUT2D eigenvalue weighted by molar-refractivity contribution is -0.192. The lowest BCUT2D eigenvalue weighted by Gasteiger charge is -2.47. The summed E-state index contributed by atoms with van der Waals surface area (Å²) in [6, 6.07) is 7.58. The number of sulfonamides is 1. The molecule has 1 aromatic rings. The third-order valence-electron chi connectivity index (χ3n) is 5.19. The van der Waals surface area contributed by atoms with Gasteiger partial charge in [-0.05, 0) is 24.8 Å². The van der Waals surface area contributed by atoms with E-state index >= 15 is 0 Å². The van der Waals surface area contributed by atoms with E-state index in [9.17, 15) is 21.6 Å². The number of fused-ring (bicyclic) bond motifs is 1. The number of halogens is 3. The quantitative estimate of drug-likeness (QED) is 0.708. The first-order valence-corrected chi connectivity index (χ1v) is 11.9. The molecule has 31 heavy (non-hydrogen) atoms. The van der Waals surface area contributed by atoms with Gasteiger partial charge in [-0.2, -0.15) is 13.2 Å². The first-order valence-electron chi connectivity index (χ1n) is 9.98. The van der Waals surface area contributed by atoms with E-state index in [0.29, 0.717) is 12.3 Å². The third kappa shape index (κ3) is 7.65. The van der Waals surface area contributed by atoms with Crippen molar-refractivity contribution in [1.82, 2.24) is 9.62 Å². The second-order valence-corrected chi connectivity index (χ2v) is 10.2. The first-order chi connectivity index (χ1) is 14.2. The number of nitrogens with zero attached hydrogens (tertiary/aromatic N) is 1. The van der Waals surface area contributed by atoms with E-state index in [0.717, 1.165) is 43.8 Å². The summed E-state index contributed by atoms with van der Waals surface area (Å²) in [4.78, 5) is 11.4. The van der Waals surface area contributed by atoms with Gasteiger partial charge in [0.2, 0.25) is 10.0 Å². The smallest absolute Gasteiger partial charge is 0.487 e. The monoisotopic (exact) mass is 466 g/mol. The molecule has 2 aliphatic rings. The number of nitrogens with one attached hydrogen (secondary N) is 1. The number of benzene rings is 1. The van der Waals surface area contributed by atoms with Crippen LogP contribution in [0.3, 0.4) is 0 Å². The Bertz CT molecular complexity index is 866. The molecule has 0 amide bonds. The number of ether oxygens (including phenoxy) is 1. The second kappa shape index (κ2) is 9.74. The van der Waals surface area contributed by atoms with Crippen LogP contribution >= 0.6 is 0 Å². The molecule has 2 heterocycles. The van der Waals surface area contributed by atoms with Crippen molar-refractivity contribution in [1.29, 1.82) is 0 Å². The van der Waals surface area contributed by atoms with Gasteiger partial charge in [0.05, 0.1) is 12.3 Å². The Balaban J connectivity index is 0.000000423. The number of alkyl halides is 3. The van der Waals surface area contributed by atoms with E-state index in [1.807, 2.05) is 24.3 Å². The maximum atomic E-state index is 11.8. The van der Waals surface area contributed by atoms with Crippen molar-refractivity contribution >= 4 is 16.0 Å². The minimum atomic E-state index is -5.08. The molecule has 1 unspecified atom stereocenters. The van der Waals surface area contributed by atoms with Gasteiger partial charge in [-0.1, -0.05) is 32.0 Å². The number of carboxylic acids is 1. The maximum Gasteiger partial charge on any atom is 0.490 e. The van der Waals surface area contributed by atoms with Crippen LogP contribution < -0.4 is 9.46 Å².